The number of fused-ring (bicyclic) bond motifs is 3. The highest BCUT2D eigenvalue weighted by molar-refractivity contribution is 6.15. The number of aliphatic imine (C=N–C) groups is 1. The van der Waals surface area contributed by atoms with E-state index in [4.69, 9.17) is 17.1 Å². The molecule has 0 radical (unpaired) electrons. The summed E-state index contributed by atoms with van der Waals surface area (Å²) in [4.78, 5) is 20.9. The van der Waals surface area contributed by atoms with Crippen molar-refractivity contribution in [3.63, 3.8) is 0 Å². The van der Waals surface area contributed by atoms with Gasteiger partial charge in [0, 0.05) is 16.7 Å². The lowest BCUT2D eigenvalue weighted by Gasteiger charge is -2.12. The number of imidazole rings is 1. The molecule has 0 spiro atoms. The average molecular weight is 340 g/mol. The maximum Gasteiger partial charge on any atom is 0.269 e. The summed E-state index contributed by atoms with van der Waals surface area (Å²) in [6, 6.07) is 15.3. The van der Waals surface area contributed by atoms with Crippen LogP contribution < -0.4 is 5.73 Å². The minimum Gasteiger partial charge on any atom is -0.364 e. The summed E-state index contributed by atoms with van der Waals surface area (Å²) in [5.41, 5.74) is 10.8. The molecule has 2 heterocycles. The molecule has 0 saturated carbocycles. The Morgan fingerprint density at radius 2 is 2.00 bits per heavy atom. The van der Waals surface area contributed by atoms with E-state index in [1.807, 2.05) is 60.0 Å². The van der Waals surface area contributed by atoms with E-state index in [2.05, 4.69) is 10.9 Å². The lowest BCUT2D eigenvalue weighted by molar-refractivity contribution is 0.0994. The molecule has 126 valence electrons. The Morgan fingerprint density at radius 3 is 2.69 bits per heavy atom. The molecule has 0 bridgehead atoms. The first-order valence-electron chi connectivity index (χ1n) is 8.22. The number of hydrogen-bond acceptors (Lipinski definition) is 3. The number of hydrogen-bond donors (Lipinski definition) is 1. The molecule has 0 aliphatic carbocycles. The van der Waals surface area contributed by atoms with Gasteiger partial charge in [-0.1, -0.05) is 36.3 Å². The largest absolute Gasteiger partial charge is 0.364 e. The van der Waals surface area contributed by atoms with Crippen molar-refractivity contribution < 1.29 is 4.79 Å². The van der Waals surface area contributed by atoms with Crippen LogP contribution in [-0.4, -0.2) is 21.2 Å². The fourth-order valence-corrected chi connectivity index (χ4v) is 3.31. The molecule has 26 heavy (non-hydrogen) atoms. The van der Waals surface area contributed by atoms with Crippen molar-refractivity contribution in [2.45, 2.75) is 13.0 Å². The highest BCUT2D eigenvalue weighted by Crippen LogP contribution is 2.32. The van der Waals surface area contributed by atoms with Crippen LogP contribution >= 0.6 is 0 Å². The number of benzene rings is 2. The number of primary amides is 1. The quantitative estimate of drug-likeness (QED) is 0.729. The standard InChI is InChI=1S/C21H16N4O/c1-3-14-9-10-17-16(11-14)18(15-7-5-4-6-8-15)24-13(2)20-19(21(22)26)23-12-25(17)20/h1,4-13H,2H3,(H2,22,26)/t13-/m0/s1. The summed E-state index contributed by atoms with van der Waals surface area (Å²) in [5, 5.41) is 0. The average Bonchev–Trinajstić information content (AvgIpc) is 3.07. The van der Waals surface area contributed by atoms with Gasteiger partial charge in [0.15, 0.2) is 5.69 Å². The van der Waals surface area contributed by atoms with Gasteiger partial charge in [-0.2, -0.15) is 0 Å². The first-order valence-corrected chi connectivity index (χ1v) is 8.22. The number of nitrogens with zero attached hydrogens (tertiary/aromatic N) is 3. The number of carbonyl (C=O) groups is 1. The minimum absolute atomic E-state index is 0.238. The molecule has 3 aromatic rings. The maximum atomic E-state index is 11.8. The van der Waals surface area contributed by atoms with Crippen molar-refractivity contribution in [2.75, 3.05) is 0 Å². The van der Waals surface area contributed by atoms with E-state index in [1.165, 1.54) is 0 Å². The first-order chi connectivity index (χ1) is 12.6. The van der Waals surface area contributed by atoms with Crippen LogP contribution in [0.2, 0.25) is 0 Å². The number of amides is 1. The van der Waals surface area contributed by atoms with Gasteiger partial charge in [0.2, 0.25) is 0 Å². The van der Waals surface area contributed by atoms with E-state index in [0.717, 1.165) is 28.1 Å². The van der Waals surface area contributed by atoms with Gasteiger partial charge in [0.25, 0.3) is 5.91 Å². The van der Waals surface area contributed by atoms with Crippen LogP contribution in [0.5, 0.6) is 0 Å². The molecule has 0 saturated heterocycles. The molecule has 5 heteroatoms. The predicted octanol–water partition coefficient (Wildman–Crippen LogP) is 2.86. The molecule has 1 aliphatic heterocycles. The van der Waals surface area contributed by atoms with Gasteiger partial charge in [0.05, 0.1) is 23.1 Å². The number of rotatable bonds is 2. The Morgan fingerprint density at radius 1 is 1.23 bits per heavy atom. The predicted molar refractivity (Wildman–Crippen MR) is 101 cm³/mol. The van der Waals surface area contributed by atoms with Crippen molar-refractivity contribution >= 4 is 11.6 Å². The third-order valence-electron chi connectivity index (χ3n) is 4.48. The van der Waals surface area contributed by atoms with Crippen LogP contribution in [0.25, 0.3) is 5.69 Å². The second-order valence-corrected chi connectivity index (χ2v) is 6.11. The molecule has 1 atom stereocenters. The Hall–Kier alpha value is -3.65. The van der Waals surface area contributed by atoms with Gasteiger partial charge >= 0.3 is 0 Å². The summed E-state index contributed by atoms with van der Waals surface area (Å²) in [5.74, 6) is 2.11. The van der Waals surface area contributed by atoms with Gasteiger partial charge in [-0.25, -0.2) is 4.98 Å². The number of nitrogens with two attached hydrogens (primary N) is 1. The van der Waals surface area contributed by atoms with Crippen molar-refractivity contribution in [3.8, 4) is 18.0 Å². The second kappa shape index (κ2) is 6.01. The SMILES string of the molecule is C#Cc1ccc2c(c1)C(c1ccccc1)=N[C@@H](C)c1c(C(N)=O)ncn1-2. The van der Waals surface area contributed by atoms with E-state index in [9.17, 15) is 4.79 Å². The van der Waals surface area contributed by atoms with Crippen molar-refractivity contribution in [1.82, 2.24) is 9.55 Å². The highest BCUT2D eigenvalue weighted by Gasteiger charge is 2.27. The first kappa shape index (κ1) is 15.9. The van der Waals surface area contributed by atoms with Crippen LogP contribution in [0.15, 0.2) is 59.9 Å². The molecule has 0 fully saturated rings. The van der Waals surface area contributed by atoms with E-state index in [-0.39, 0.29) is 11.7 Å². The Labute approximate surface area is 151 Å². The molecule has 1 aliphatic rings. The van der Waals surface area contributed by atoms with Crippen LogP contribution in [0, 0.1) is 12.3 Å². The number of terminal acetylenes is 1. The molecule has 2 aromatic carbocycles. The normalized spacial score (nSPS) is 15.2. The Balaban J connectivity index is 2.06. The van der Waals surface area contributed by atoms with Crippen LogP contribution in [-0.2, 0) is 0 Å². The Bertz CT molecular complexity index is 1090. The summed E-state index contributed by atoms with van der Waals surface area (Å²) < 4.78 is 1.87. The fraction of sp³-hybridized carbons (Fsp3) is 0.0952. The van der Waals surface area contributed by atoms with Gasteiger partial charge in [-0.15, -0.1) is 6.42 Å². The van der Waals surface area contributed by atoms with Crippen LogP contribution in [0.1, 0.15) is 45.8 Å². The zero-order valence-electron chi connectivity index (χ0n) is 14.2. The highest BCUT2D eigenvalue weighted by atomic mass is 16.1. The molecular weight excluding hydrogens is 324 g/mol. The van der Waals surface area contributed by atoms with Gasteiger partial charge < -0.3 is 5.73 Å². The number of aromatic nitrogens is 2. The summed E-state index contributed by atoms with van der Waals surface area (Å²) in [7, 11) is 0. The Kier molecular flexibility index (Phi) is 3.67. The summed E-state index contributed by atoms with van der Waals surface area (Å²) in [6.07, 6.45) is 7.22. The van der Waals surface area contributed by atoms with Crippen molar-refractivity contribution in [3.05, 3.63) is 82.9 Å². The van der Waals surface area contributed by atoms with Crippen LogP contribution in [0.3, 0.4) is 0 Å². The third-order valence-corrected chi connectivity index (χ3v) is 4.48. The lowest BCUT2D eigenvalue weighted by atomic mass is 9.98. The van der Waals surface area contributed by atoms with E-state index >= 15 is 0 Å². The lowest BCUT2D eigenvalue weighted by Crippen LogP contribution is -2.15. The van der Waals surface area contributed by atoms with E-state index in [0.29, 0.717) is 5.69 Å². The summed E-state index contributed by atoms with van der Waals surface area (Å²) in [6.45, 7) is 1.93. The van der Waals surface area contributed by atoms with Crippen molar-refractivity contribution in [1.29, 1.82) is 0 Å². The van der Waals surface area contributed by atoms with Gasteiger partial charge in [0.1, 0.15) is 6.33 Å². The van der Waals surface area contributed by atoms with Gasteiger partial charge in [-0.05, 0) is 25.1 Å². The zero-order chi connectivity index (χ0) is 18.3. The van der Waals surface area contributed by atoms with E-state index in [1.54, 1.807) is 6.33 Å². The second-order valence-electron chi connectivity index (χ2n) is 6.11. The van der Waals surface area contributed by atoms with Gasteiger partial charge in [-0.3, -0.25) is 14.4 Å². The van der Waals surface area contributed by atoms with Crippen LogP contribution in [0.4, 0.5) is 0 Å². The number of carbonyl (C=O) groups excluding carboxylic acids is 1. The third kappa shape index (κ3) is 2.40. The zero-order valence-corrected chi connectivity index (χ0v) is 14.2. The molecular formula is C21H16N4O. The maximum absolute atomic E-state index is 11.8. The molecule has 1 amide bonds. The van der Waals surface area contributed by atoms with E-state index < -0.39 is 5.91 Å². The smallest absolute Gasteiger partial charge is 0.269 e. The molecule has 2 N–H and O–H groups in total. The summed E-state index contributed by atoms with van der Waals surface area (Å²) >= 11 is 0. The van der Waals surface area contributed by atoms with Crippen molar-refractivity contribution in [2.24, 2.45) is 10.7 Å². The molecule has 4 rings (SSSR count). The topological polar surface area (TPSA) is 73.3 Å². The monoisotopic (exact) mass is 340 g/mol. The molecule has 0 unspecified atom stereocenters. The fourth-order valence-electron chi connectivity index (χ4n) is 3.31. The molecule has 1 aromatic heterocycles. The minimum atomic E-state index is -0.564. The molecule has 5 nitrogen and oxygen atoms in total.